The minimum atomic E-state index is 0.267. The van der Waals surface area contributed by atoms with Gasteiger partial charge in [0.15, 0.2) is 0 Å². The SMILES string of the molecule is CCCCC(NCC(C)OC)c1ccccc1. The lowest BCUT2D eigenvalue weighted by atomic mass is 10.0. The standard InChI is InChI=1S/C15H25NO/c1-4-5-11-15(16-12-13(2)17-3)14-9-7-6-8-10-14/h6-10,13,15-16H,4-5,11-12H2,1-3H3. The molecule has 1 aromatic carbocycles. The first-order chi connectivity index (χ1) is 8.27. The molecule has 2 nitrogen and oxygen atoms in total. The fourth-order valence-corrected chi connectivity index (χ4v) is 1.87. The molecule has 0 aliphatic rings. The highest BCUT2D eigenvalue weighted by Gasteiger charge is 2.11. The highest BCUT2D eigenvalue weighted by molar-refractivity contribution is 5.18. The molecule has 0 spiro atoms. The van der Waals surface area contributed by atoms with Gasteiger partial charge >= 0.3 is 0 Å². The van der Waals surface area contributed by atoms with Crippen molar-refractivity contribution in [1.29, 1.82) is 0 Å². The zero-order valence-corrected chi connectivity index (χ0v) is 11.3. The molecule has 0 saturated carbocycles. The monoisotopic (exact) mass is 235 g/mol. The Bertz CT molecular complexity index is 286. The van der Waals surface area contributed by atoms with Crippen LogP contribution in [0.25, 0.3) is 0 Å². The van der Waals surface area contributed by atoms with E-state index in [1.54, 1.807) is 7.11 Å². The molecule has 0 bridgehead atoms. The van der Waals surface area contributed by atoms with Crippen LogP contribution >= 0.6 is 0 Å². The Labute approximate surface area is 105 Å². The quantitative estimate of drug-likeness (QED) is 0.744. The van der Waals surface area contributed by atoms with E-state index >= 15 is 0 Å². The number of rotatable bonds is 8. The molecule has 0 aromatic heterocycles. The number of nitrogens with one attached hydrogen (secondary N) is 1. The fourth-order valence-electron chi connectivity index (χ4n) is 1.87. The normalized spacial score (nSPS) is 14.5. The molecule has 1 N–H and O–H groups in total. The van der Waals surface area contributed by atoms with Crippen LogP contribution in [-0.2, 0) is 4.74 Å². The van der Waals surface area contributed by atoms with Crippen LogP contribution in [-0.4, -0.2) is 19.8 Å². The fraction of sp³-hybridized carbons (Fsp3) is 0.600. The van der Waals surface area contributed by atoms with Gasteiger partial charge in [0.2, 0.25) is 0 Å². The molecule has 0 fully saturated rings. The second kappa shape index (κ2) is 8.26. The van der Waals surface area contributed by atoms with Gasteiger partial charge in [-0.05, 0) is 18.9 Å². The van der Waals surface area contributed by atoms with Gasteiger partial charge in [-0.2, -0.15) is 0 Å². The van der Waals surface area contributed by atoms with Crippen molar-refractivity contribution < 1.29 is 4.74 Å². The predicted molar refractivity (Wildman–Crippen MR) is 73.2 cm³/mol. The molecule has 0 saturated heterocycles. The third-order valence-corrected chi connectivity index (χ3v) is 3.10. The van der Waals surface area contributed by atoms with Gasteiger partial charge in [-0.15, -0.1) is 0 Å². The van der Waals surface area contributed by atoms with Crippen molar-refractivity contribution in [2.75, 3.05) is 13.7 Å². The highest BCUT2D eigenvalue weighted by Crippen LogP contribution is 2.19. The first kappa shape index (κ1) is 14.2. The summed E-state index contributed by atoms with van der Waals surface area (Å²) in [6.45, 7) is 5.23. The lowest BCUT2D eigenvalue weighted by molar-refractivity contribution is 0.114. The molecule has 0 aliphatic carbocycles. The Morgan fingerprint density at radius 2 is 1.94 bits per heavy atom. The van der Waals surface area contributed by atoms with Crippen LogP contribution in [0.2, 0.25) is 0 Å². The van der Waals surface area contributed by atoms with Crippen LogP contribution in [0.3, 0.4) is 0 Å². The number of hydrogen-bond donors (Lipinski definition) is 1. The van der Waals surface area contributed by atoms with Crippen LogP contribution in [0.4, 0.5) is 0 Å². The number of methoxy groups -OCH3 is 1. The zero-order chi connectivity index (χ0) is 12.5. The van der Waals surface area contributed by atoms with Gasteiger partial charge < -0.3 is 10.1 Å². The van der Waals surface area contributed by atoms with Crippen LogP contribution in [0.15, 0.2) is 30.3 Å². The lowest BCUT2D eigenvalue weighted by Gasteiger charge is -2.21. The van der Waals surface area contributed by atoms with Crippen LogP contribution in [0.1, 0.15) is 44.7 Å². The van der Waals surface area contributed by atoms with Gasteiger partial charge in [-0.25, -0.2) is 0 Å². The van der Waals surface area contributed by atoms with Crippen LogP contribution < -0.4 is 5.32 Å². The van der Waals surface area contributed by atoms with E-state index in [2.05, 4.69) is 49.5 Å². The second-order valence-corrected chi connectivity index (χ2v) is 4.56. The first-order valence-corrected chi connectivity index (χ1v) is 6.59. The first-order valence-electron chi connectivity index (χ1n) is 6.59. The van der Waals surface area contributed by atoms with E-state index in [1.165, 1.54) is 24.8 Å². The van der Waals surface area contributed by atoms with Gasteiger partial charge in [0, 0.05) is 19.7 Å². The predicted octanol–water partition coefficient (Wildman–Crippen LogP) is 3.54. The Balaban J connectivity index is 2.54. The third kappa shape index (κ3) is 5.33. The minimum absolute atomic E-state index is 0.267. The topological polar surface area (TPSA) is 21.3 Å². The van der Waals surface area contributed by atoms with E-state index in [9.17, 15) is 0 Å². The molecule has 2 heteroatoms. The summed E-state index contributed by atoms with van der Waals surface area (Å²) in [6.07, 6.45) is 3.96. The Morgan fingerprint density at radius 3 is 2.53 bits per heavy atom. The molecule has 2 unspecified atom stereocenters. The second-order valence-electron chi connectivity index (χ2n) is 4.56. The van der Waals surface area contributed by atoms with E-state index in [-0.39, 0.29) is 6.10 Å². The zero-order valence-electron chi connectivity index (χ0n) is 11.3. The molecule has 2 atom stereocenters. The van der Waals surface area contributed by atoms with E-state index in [1.807, 2.05) is 0 Å². The Morgan fingerprint density at radius 1 is 1.24 bits per heavy atom. The number of hydrogen-bond acceptors (Lipinski definition) is 2. The summed E-state index contributed by atoms with van der Waals surface area (Å²) in [5.74, 6) is 0. The summed E-state index contributed by atoms with van der Waals surface area (Å²) in [6, 6.07) is 11.1. The van der Waals surface area contributed by atoms with Gasteiger partial charge in [0.25, 0.3) is 0 Å². The Hall–Kier alpha value is -0.860. The summed E-state index contributed by atoms with van der Waals surface area (Å²) >= 11 is 0. The maximum atomic E-state index is 5.28. The number of unbranched alkanes of at least 4 members (excludes halogenated alkanes) is 1. The summed E-state index contributed by atoms with van der Waals surface area (Å²) < 4.78 is 5.28. The van der Waals surface area contributed by atoms with Crippen LogP contribution in [0.5, 0.6) is 0 Å². The smallest absolute Gasteiger partial charge is 0.0667 e. The van der Waals surface area contributed by atoms with E-state index < -0.39 is 0 Å². The molecule has 0 amide bonds. The van der Waals surface area contributed by atoms with Gasteiger partial charge in [0.05, 0.1) is 6.10 Å². The Kier molecular flexibility index (Phi) is 6.90. The molecule has 0 aliphatic heterocycles. The summed E-state index contributed by atoms with van der Waals surface area (Å²) in [7, 11) is 1.76. The van der Waals surface area contributed by atoms with Crippen LogP contribution in [0, 0.1) is 0 Å². The molecular weight excluding hydrogens is 210 g/mol. The van der Waals surface area contributed by atoms with E-state index in [4.69, 9.17) is 4.74 Å². The minimum Gasteiger partial charge on any atom is -0.380 e. The van der Waals surface area contributed by atoms with Gasteiger partial charge in [0.1, 0.15) is 0 Å². The van der Waals surface area contributed by atoms with Crippen molar-refractivity contribution in [3.05, 3.63) is 35.9 Å². The lowest BCUT2D eigenvalue weighted by Crippen LogP contribution is -2.29. The van der Waals surface area contributed by atoms with E-state index in [0.717, 1.165) is 6.54 Å². The average Bonchev–Trinajstić information content (AvgIpc) is 2.39. The largest absolute Gasteiger partial charge is 0.380 e. The van der Waals surface area contributed by atoms with Crippen molar-refractivity contribution in [3.8, 4) is 0 Å². The maximum Gasteiger partial charge on any atom is 0.0667 e. The van der Waals surface area contributed by atoms with Crippen molar-refractivity contribution >= 4 is 0 Å². The van der Waals surface area contributed by atoms with Crippen molar-refractivity contribution in [3.63, 3.8) is 0 Å². The summed E-state index contributed by atoms with van der Waals surface area (Å²) in [5, 5.41) is 3.60. The molecule has 1 aromatic rings. The number of benzene rings is 1. The molecular formula is C15H25NO. The van der Waals surface area contributed by atoms with Crippen molar-refractivity contribution in [1.82, 2.24) is 5.32 Å². The molecule has 0 radical (unpaired) electrons. The molecule has 96 valence electrons. The highest BCUT2D eigenvalue weighted by atomic mass is 16.5. The number of ether oxygens (including phenoxy) is 1. The maximum absolute atomic E-state index is 5.28. The molecule has 1 rings (SSSR count). The third-order valence-electron chi connectivity index (χ3n) is 3.10. The van der Waals surface area contributed by atoms with Crippen molar-refractivity contribution in [2.24, 2.45) is 0 Å². The summed E-state index contributed by atoms with van der Waals surface area (Å²) in [4.78, 5) is 0. The van der Waals surface area contributed by atoms with E-state index in [0.29, 0.717) is 6.04 Å². The van der Waals surface area contributed by atoms with Gasteiger partial charge in [-0.3, -0.25) is 0 Å². The van der Waals surface area contributed by atoms with Crippen molar-refractivity contribution in [2.45, 2.75) is 45.3 Å². The average molecular weight is 235 g/mol. The summed E-state index contributed by atoms with van der Waals surface area (Å²) in [5.41, 5.74) is 1.38. The van der Waals surface area contributed by atoms with Gasteiger partial charge in [-0.1, -0.05) is 50.1 Å². The molecule has 0 heterocycles. The molecule has 17 heavy (non-hydrogen) atoms.